The van der Waals surface area contributed by atoms with Gasteiger partial charge in [-0.2, -0.15) is 0 Å². The molecular formula is C13H13N3OS3. The summed E-state index contributed by atoms with van der Waals surface area (Å²) in [6, 6.07) is 0. The lowest BCUT2D eigenvalue weighted by Gasteiger charge is -2.04. The van der Waals surface area contributed by atoms with Crippen LogP contribution in [-0.2, 0) is 6.54 Å². The van der Waals surface area contributed by atoms with Gasteiger partial charge in [-0.25, -0.2) is 4.98 Å². The molecule has 0 aromatic carbocycles. The molecule has 0 unspecified atom stereocenters. The molecule has 0 saturated heterocycles. The molecule has 0 saturated carbocycles. The maximum atomic E-state index is 12.7. The Bertz CT molecular complexity index is 913. The van der Waals surface area contributed by atoms with Gasteiger partial charge in [-0.3, -0.25) is 9.36 Å². The van der Waals surface area contributed by atoms with E-state index in [1.165, 1.54) is 0 Å². The Hall–Kier alpha value is -1.31. The number of thiazole rings is 1. The quantitative estimate of drug-likeness (QED) is 0.734. The predicted octanol–water partition coefficient (Wildman–Crippen LogP) is 3.55. The molecule has 3 aromatic heterocycles. The number of thiophene rings is 1. The summed E-state index contributed by atoms with van der Waals surface area (Å²) in [4.78, 5) is 23.3. The van der Waals surface area contributed by atoms with Crippen molar-refractivity contribution in [2.75, 3.05) is 0 Å². The summed E-state index contributed by atoms with van der Waals surface area (Å²) >= 11 is 8.48. The second-order valence-corrected chi connectivity index (χ2v) is 7.60. The Morgan fingerprint density at radius 1 is 1.35 bits per heavy atom. The summed E-state index contributed by atoms with van der Waals surface area (Å²) in [5.74, 6) is 0. The molecule has 0 amide bonds. The van der Waals surface area contributed by atoms with E-state index in [9.17, 15) is 4.79 Å². The maximum absolute atomic E-state index is 12.7. The van der Waals surface area contributed by atoms with E-state index in [4.69, 9.17) is 12.2 Å². The molecule has 3 aromatic rings. The molecule has 3 rings (SSSR count). The van der Waals surface area contributed by atoms with Crippen LogP contribution in [0.3, 0.4) is 0 Å². The van der Waals surface area contributed by atoms with Crippen molar-refractivity contribution < 1.29 is 0 Å². The molecule has 1 N–H and O–H groups in total. The first kappa shape index (κ1) is 13.7. The molecule has 7 heteroatoms. The monoisotopic (exact) mass is 323 g/mol. The van der Waals surface area contributed by atoms with E-state index in [1.807, 2.05) is 27.0 Å². The lowest BCUT2D eigenvalue weighted by molar-refractivity contribution is 0.730. The summed E-state index contributed by atoms with van der Waals surface area (Å²) in [5.41, 5.74) is 1.00. The molecule has 0 aliphatic carbocycles. The number of rotatable bonds is 2. The largest absolute Gasteiger partial charge is 0.323 e. The lowest BCUT2D eigenvalue weighted by Crippen LogP contribution is -2.22. The van der Waals surface area contributed by atoms with Crippen molar-refractivity contribution in [3.05, 3.63) is 41.6 Å². The van der Waals surface area contributed by atoms with Crippen LogP contribution < -0.4 is 5.56 Å². The molecule has 0 aliphatic rings. The first-order valence-corrected chi connectivity index (χ1v) is 8.15. The van der Waals surface area contributed by atoms with Crippen LogP contribution >= 0.6 is 34.9 Å². The first-order chi connectivity index (χ1) is 9.47. The number of aryl methyl sites for hydroxylation is 3. The summed E-state index contributed by atoms with van der Waals surface area (Å²) < 4.78 is 2.05. The molecule has 4 nitrogen and oxygen atoms in total. The summed E-state index contributed by atoms with van der Waals surface area (Å²) in [6.45, 7) is 6.42. The van der Waals surface area contributed by atoms with Crippen molar-refractivity contribution in [3.8, 4) is 0 Å². The van der Waals surface area contributed by atoms with Crippen LogP contribution in [0.25, 0.3) is 10.2 Å². The van der Waals surface area contributed by atoms with E-state index in [2.05, 4.69) is 9.97 Å². The molecule has 20 heavy (non-hydrogen) atoms. The van der Waals surface area contributed by atoms with Gasteiger partial charge in [0, 0.05) is 16.0 Å². The van der Waals surface area contributed by atoms with Crippen molar-refractivity contribution in [1.29, 1.82) is 0 Å². The number of nitrogens with one attached hydrogen (secondary N) is 1. The average molecular weight is 323 g/mol. The molecular weight excluding hydrogens is 310 g/mol. The van der Waals surface area contributed by atoms with E-state index in [1.54, 1.807) is 27.2 Å². The van der Waals surface area contributed by atoms with Gasteiger partial charge in [-0.05, 0) is 38.6 Å². The Labute approximate surface area is 128 Å². The minimum absolute atomic E-state index is 0.0292. The fraction of sp³-hybridized carbons (Fsp3) is 0.308. The van der Waals surface area contributed by atoms with Gasteiger partial charge < -0.3 is 4.98 Å². The minimum Gasteiger partial charge on any atom is -0.323 e. The van der Waals surface area contributed by atoms with Crippen LogP contribution in [0.15, 0.2) is 11.0 Å². The standard InChI is InChI=1S/C13H13N3OS3/c1-6-4-14-9(19-6)5-16-12(17)10-7(2)8(3)20-11(10)15-13(16)18/h4H,5H2,1-3H3,(H,15,18). The third-order valence-electron chi connectivity index (χ3n) is 3.27. The first-order valence-electron chi connectivity index (χ1n) is 6.11. The number of aromatic nitrogens is 3. The zero-order chi connectivity index (χ0) is 14.4. The highest BCUT2D eigenvalue weighted by molar-refractivity contribution is 7.71. The van der Waals surface area contributed by atoms with E-state index in [0.29, 0.717) is 11.3 Å². The predicted molar refractivity (Wildman–Crippen MR) is 86.7 cm³/mol. The van der Waals surface area contributed by atoms with Crippen LogP contribution in [-0.4, -0.2) is 14.5 Å². The number of hydrogen-bond acceptors (Lipinski definition) is 5. The minimum atomic E-state index is -0.0292. The fourth-order valence-electron chi connectivity index (χ4n) is 2.12. The zero-order valence-electron chi connectivity index (χ0n) is 11.3. The number of aromatic amines is 1. The van der Waals surface area contributed by atoms with E-state index >= 15 is 0 Å². The SMILES string of the molecule is Cc1cnc(Cn2c(=S)[nH]c3sc(C)c(C)c3c2=O)s1. The van der Waals surface area contributed by atoms with Gasteiger partial charge >= 0.3 is 0 Å². The van der Waals surface area contributed by atoms with Gasteiger partial charge in [0.15, 0.2) is 4.77 Å². The summed E-state index contributed by atoms with van der Waals surface area (Å²) in [5, 5.41) is 1.64. The van der Waals surface area contributed by atoms with E-state index < -0.39 is 0 Å². The van der Waals surface area contributed by atoms with Crippen LogP contribution in [0.5, 0.6) is 0 Å². The van der Waals surface area contributed by atoms with Gasteiger partial charge in [0.25, 0.3) is 5.56 Å². The molecule has 0 radical (unpaired) electrons. The highest BCUT2D eigenvalue weighted by Gasteiger charge is 2.13. The molecule has 0 aliphatic heterocycles. The fourth-order valence-corrected chi connectivity index (χ4v) is 4.26. The van der Waals surface area contributed by atoms with E-state index in [0.717, 1.165) is 30.5 Å². The highest BCUT2D eigenvalue weighted by Crippen LogP contribution is 2.26. The highest BCUT2D eigenvalue weighted by atomic mass is 32.1. The van der Waals surface area contributed by atoms with Crippen molar-refractivity contribution in [2.45, 2.75) is 27.3 Å². The number of fused-ring (bicyclic) bond motifs is 1. The van der Waals surface area contributed by atoms with Crippen molar-refractivity contribution in [2.24, 2.45) is 0 Å². The molecule has 104 valence electrons. The van der Waals surface area contributed by atoms with Gasteiger partial charge in [-0.1, -0.05) is 0 Å². The van der Waals surface area contributed by atoms with Gasteiger partial charge in [-0.15, -0.1) is 22.7 Å². The Kier molecular flexibility index (Phi) is 3.35. The third kappa shape index (κ3) is 2.15. The second kappa shape index (κ2) is 4.91. The van der Waals surface area contributed by atoms with Crippen LogP contribution in [0, 0.1) is 25.5 Å². The number of hydrogen-bond donors (Lipinski definition) is 1. The molecule has 0 atom stereocenters. The maximum Gasteiger partial charge on any atom is 0.263 e. The molecule has 0 fully saturated rings. The van der Waals surface area contributed by atoms with Crippen molar-refractivity contribution in [1.82, 2.24) is 14.5 Å². The Morgan fingerprint density at radius 2 is 2.10 bits per heavy atom. The molecule has 0 bridgehead atoms. The van der Waals surface area contributed by atoms with Crippen molar-refractivity contribution in [3.63, 3.8) is 0 Å². The number of H-pyrrole nitrogens is 1. The normalized spacial score (nSPS) is 11.3. The average Bonchev–Trinajstić information content (AvgIpc) is 2.90. The lowest BCUT2D eigenvalue weighted by atomic mass is 10.2. The smallest absolute Gasteiger partial charge is 0.263 e. The molecule has 3 heterocycles. The van der Waals surface area contributed by atoms with E-state index in [-0.39, 0.29) is 5.56 Å². The molecule has 0 spiro atoms. The summed E-state index contributed by atoms with van der Waals surface area (Å²) in [6.07, 6.45) is 1.82. The van der Waals surface area contributed by atoms with Crippen LogP contribution in [0.1, 0.15) is 20.3 Å². The van der Waals surface area contributed by atoms with Crippen molar-refractivity contribution >= 4 is 45.1 Å². The topological polar surface area (TPSA) is 50.7 Å². The second-order valence-electron chi connectivity index (χ2n) is 4.67. The van der Waals surface area contributed by atoms with Gasteiger partial charge in [0.05, 0.1) is 11.9 Å². The third-order valence-corrected chi connectivity index (χ3v) is 5.62. The number of nitrogens with zero attached hydrogens (tertiary/aromatic N) is 2. The Balaban J connectivity index is 2.23. The van der Waals surface area contributed by atoms with Gasteiger partial charge in [0.1, 0.15) is 9.84 Å². The van der Waals surface area contributed by atoms with Gasteiger partial charge in [0.2, 0.25) is 0 Å². The zero-order valence-corrected chi connectivity index (χ0v) is 13.8. The summed E-state index contributed by atoms with van der Waals surface area (Å²) in [7, 11) is 0. The van der Waals surface area contributed by atoms with Crippen LogP contribution in [0.4, 0.5) is 0 Å². The Morgan fingerprint density at radius 3 is 2.75 bits per heavy atom. The van der Waals surface area contributed by atoms with Crippen LogP contribution in [0.2, 0.25) is 0 Å².